The standard InChI is InChI=1S/C14H15N3O3S/c1-9(2)17-12(7-8-15-17)16-14(20)11-5-3-10(21-11)4-6-13(18)19/h3-9H,1-2H3,(H,16,20)(H,18,19). The molecule has 2 aromatic rings. The Labute approximate surface area is 125 Å². The van der Waals surface area contributed by atoms with Crippen LogP contribution in [0.3, 0.4) is 0 Å². The van der Waals surface area contributed by atoms with Crippen LogP contribution in [-0.2, 0) is 4.79 Å². The van der Waals surface area contributed by atoms with Crippen LogP contribution in [0.5, 0.6) is 0 Å². The lowest BCUT2D eigenvalue weighted by Crippen LogP contribution is -2.15. The van der Waals surface area contributed by atoms with E-state index in [4.69, 9.17) is 5.11 Å². The van der Waals surface area contributed by atoms with Gasteiger partial charge in [-0.2, -0.15) is 5.10 Å². The number of hydrogen-bond donors (Lipinski definition) is 2. The molecule has 2 N–H and O–H groups in total. The molecule has 0 bridgehead atoms. The molecule has 2 heterocycles. The first-order valence-corrected chi connectivity index (χ1v) is 7.14. The van der Waals surface area contributed by atoms with Crippen molar-refractivity contribution < 1.29 is 14.7 Å². The first-order valence-electron chi connectivity index (χ1n) is 6.33. The number of carbonyl (C=O) groups is 2. The molecule has 0 aliphatic rings. The first kappa shape index (κ1) is 15.0. The first-order chi connectivity index (χ1) is 9.97. The smallest absolute Gasteiger partial charge is 0.328 e. The molecule has 0 fully saturated rings. The van der Waals surface area contributed by atoms with E-state index >= 15 is 0 Å². The van der Waals surface area contributed by atoms with E-state index < -0.39 is 5.97 Å². The van der Waals surface area contributed by atoms with Gasteiger partial charge in [0.2, 0.25) is 0 Å². The Bertz CT molecular complexity index is 685. The summed E-state index contributed by atoms with van der Waals surface area (Å²) in [6, 6.07) is 5.25. The predicted octanol–water partition coefficient (Wildman–Crippen LogP) is 2.88. The van der Waals surface area contributed by atoms with Gasteiger partial charge in [-0.1, -0.05) is 0 Å². The van der Waals surface area contributed by atoms with E-state index in [1.807, 2.05) is 13.8 Å². The van der Waals surface area contributed by atoms with Gasteiger partial charge < -0.3 is 10.4 Å². The summed E-state index contributed by atoms with van der Waals surface area (Å²) in [5.41, 5.74) is 0. The summed E-state index contributed by atoms with van der Waals surface area (Å²) in [6.07, 6.45) is 4.13. The number of thiophene rings is 1. The molecule has 6 nitrogen and oxygen atoms in total. The average Bonchev–Trinajstić information content (AvgIpc) is 3.04. The zero-order chi connectivity index (χ0) is 15.4. The van der Waals surface area contributed by atoms with Crippen molar-refractivity contribution in [3.63, 3.8) is 0 Å². The topological polar surface area (TPSA) is 84.2 Å². The molecule has 0 unspecified atom stereocenters. The number of nitrogens with one attached hydrogen (secondary N) is 1. The fourth-order valence-corrected chi connectivity index (χ4v) is 2.53. The molecule has 2 aromatic heterocycles. The van der Waals surface area contributed by atoms with Crippen molar-refractivity contribution in [2.24, 2.45) is 0 Å². The van der Waals surface area contributed by atoms with Crippen LogP contribution in [0.2, 0.25) is 0 Å². The highest BCUT2D eigenvalue weighted by atomic mass is 32.1. The summed E-state index contributed by atoms with van der Waals surface area (Å²) in [4.78, 5) is 23.8. The van der Waals surface area contributed by atoms with Gasteiger partial charge in [-0.05, 0) is 32.1 Å². The molecule has 1 amide bonds. The van der Waals surface area contributed by atoms with Gasteiger partial charge in [0.1, 0.15) is 5.82 Å². The Morgan fingerprint density at radius 3 is 2.81 bits per heavy atom. The number of aliphatic carboxylic acids is 1. The number of hydrogen-bond acceptors (Lipinski definition) is 4. The lowest BCUT2D eigenvalue weighted by molar-refractivity contribution is -0.131. The van der Waals surface area contributed by atoms with Gasteiger partial charge in [-0.25, -0.2) is 9.48 Å². The number of carboxylic acid groups (broad SMARTS) is 1. The molecule has 7 heteroatoms. The van der Waals surface area contributed by atoms with Gasteiger partial charge in [-0.3, -0.25) is 4.79 Å². The molecule has 0 spiro atoms. The molecule has 0 radical (unpaired) electrons. The normalized spacial score (nSPS) is 11.2. The van der Waals surface area contributed by atoms with Crippen LogP contribution in [0.15, 0.2) is 30.5 Å². The minimum absolute atomic E-state index is 0.146. The lowest BCUT2D eigenvalue weighted by atomic mass is 10.3. The fourth-order valence-electron chi connectivity index (χ4n) is 1.72. The van der Waals surface area contributed by atoms with Gasteiger partial charge in [0, 0.05) is 23.1 Å². The van der Waals surface area contributed by atoms with Crippen molar-refractivity contribution >= 4 is 35.1 Å². The second-order valence-electron chi connectivity index (χ2n) is 4.58. The third-order valence-electron chi connectivity index (χ3n) is 2.64. The number of amides is 1. The van der Waals surface area contributed by atoms with Crippen LogP contribution in [0.25, 0.3) is 6.08 Å². The third-order valence-corrected chi connectivity index (χ3v) is 3.69. The fraction of sp³-hybridized carbons (Fsp3) is 0.214. The van der Waals surface area contributed by atoms with E-state index in [9.17, 15) is 9.59 Å². The van der Waals surface area contributed by atoms with E-state index in [2.05, 4.69) is 10.4 Å². The zero-order valence-electron chi connectivity index (χ0n) is 11.6. The number of anilines is 1. The van der Waals surface area contributed by atoms with Crippen LogP contribution >= 0.6 is 11.3 Å². The number of rotatable bonds is 5. The van der Waals surface area contributed by atoms with Gasteiger partial charge in [0.25, 0.3) is 5.91 Å². The van der Waals surface area contributed by atoms with Crippen molar-refractivity contribution in [3.05, 3.63) is 40.2 Å². The Hall–Kier alpha value is -2.41. The SMILES string of the molecule is CC(C)n1nccc1NC(=O)c1ccc(C=CC(=O)O)s1. The van der Waals surface area contributed by atoms with Gasteiger partial charge in [0.15, 0.2) is 0 Å². The number of aromatic nitrogens is 2. The summed E-state index contributed by atoms with van der Waals surface area (Å²) in [7, 11) is 0. The molecule has 110 valence electrons. The Morgan fingerprint density at radius 1 is 1.38 bits per heavy atom. The van der Waals surface area contributed by atoms with Crippen LogP contribution < -0.4 is 5.32 Å². The van der Waals surface area contributed by atoms with Gasteiger partial charge in [0.05, 0.1) is 11.1 Å². The maximum Gasteiger partial charge on any atom is 0.328 e. The zero-order valence-corrected chi connectivity index (χ0v) is 12.4. The van der Waals surface area contributed by atoms with Crippen molar-refractivity contribution in [1.82, 2.24) is 9.78 Å². The van der Waals surface area contributed by atoms with Crippen LogP contribution in [0.4, 0.5) is 5.82 Å². The maximum absolute atomic E-state index is 12.2. The second kappa shape index (κ2) is 6.36. The molecule has 0 aliphatic carbocycles. The molecule has 0 atom stereocenters. The predicted molar refractivity (Wildman–Crippen MR) is 81.6 cm³/mol. The van der Waals surface area contributed by atoms with Gasteiger partial charge >= 0.3 is 5.97 Å². The van der Waals surface area contributed by atoms with E-state index in [0.29, 0.717) is 15.6 Å². The summed E-state index contributed by atoms with van der Waals surface area (Å²) in [5, 5.41) is 15.5. The van der Waals surface area contributed by atoms with Crippen LogP contribution in [-0.4, -0.2) is 26.8 Å². The quantitative estimate of drug-likeness (QED) is 0.832. The molecule has 21 heavy (non-hydrogen) atoms. The summed E-state index contributed by atoms with van der Waals surface area (Å²) in [5.74, 6) is -0.626. The molecule has 0 saturated carbocycles. The highest BCUT2D eigenvalue weighted by Crippen LogP contribution is 2.20. The Balaban J connectivity index is 2.10. The molecular weight excluding hydrogens is 290 g/mol. The number of carboxylic acids is 1. The molecular formula is C14H15N3O3S. The number of carbonyl (C=O) groups excluding carboxylic acids is 1. The van der Waals surface area contributed by atoms with E-state index in [1.165, 1.54) is 17.4 Å². The third kappa shape index (κ3) is 3.79. The van der Waals surface area contributed by atoms with Crippen molar-refractivity contribution in [3.8, 4) is 0 Å². The Kier molecular flexibility index (Phi) is 4.54. The van der Waals surface area contributed by atoms with Crippen LogP contribution in [0, 0.1) is 0 Å². The maximum atomic E-state index is 12.2. The Morgan fingerprint density at radius 2 is 2.14 bits per heavy atom. The van der Waals surface area contributed by atoms with Crippen LogP contribution in [0.1, 0.15) is 34.4 Å². The summed E-state index contributed by atoms with van der Waals surface area (Å²) in [6.45, 7) is 3.95. The van der Waals surface area contributed by atoms with Crippen molar-refractivity contribution in [2.75, 3.05) is 5.32 Å². The van der Waals surface area contributed by atoms with E-state index in [0.717, 1.165) is 6.08 Å². The minimum atomic E-state index is -1.02. The van der Waals surface area contributed by atoms with E-state index in [-0.39, 0.29) is 11.9 Å². The average molecular weight is 305 g/mol. The number of nitrogens with zero attached hydrogens (tertiary/aromatic N) is 2. The highest BCUT2D eigenvalue weighted by molar-refractivity contribution is 7.15. The molecule has 0 aromatic carbocycles. The lowest BCUT2D eigenvalue weighted by Gasteiger charge is -2.11. The summed E-state index contributed by atoms with van der Waals surface area (Å²) < 4.78 is 1.72. The van der Waals surface area contributed by atoms with Crippen molar-refractivity contribution in [1.29, 1.82) is 0 Å². The largest absolute Gasteiger partial charge is 0.478 e. The van der Waals surface area contributed by atoms with E-state index in [1.54, 1.807) is 29.1 Å². The monoisotopic (exact) mass is 305 g/mol. The van der Waals surface area contributed by atoms with Crippen molar-refractivity contribution in [2.45, 2.75) is 19.9 Å². The highest BCUT2D eigenvalue weighted by Gasteiger charge is 2.12. The van der Waals surface area contributed by atoms with Gasteiger partial charge in [-0.15, -0.1) is 11.3 Å². The molecule has 2 rings (SSSR count). The molecule has 0 aliphatic heterocycles. The molecule has 0 saturated heterocycles. The minimum Gasteiger partial charge on any atom is -0.478 e. The summed E-state index contributed by atoms with van der Waals surface area (Å²) >= 11 is 1.23. The second-order valence-corrected chi connectivity index (χ2v) is 5.70.